The maximum atomic E-state index is 13.3. The molecule has 1 aliphatic rings. The topological polar surface area (TPSA) is 49.4 Å². The molecule has 1 unspecified atom stereocenters. The lowest BCUT2D eigenvalue weighted by molar-refractivity contribution is -0.141. The van der Waals surface area contributed by atoms with Gasteiger partial charge in [0.2, 0.25) is 11.8 Å². The quantitative estimate of drug-likeness (QED) is 0.431. The monoisotopic (exact) mass is 472 g/mol. The third kappa shape index (κ3) is 7.28. The second kappa shape index (κ2) is 12.3. The summed E-state index contributed by atoms with van der Waals surface area (Å²) in [5, 5.41) is 3.90. The number of nitrogens with zero attached hydrogens (tertiary/aromatic N) is 1. The lowest BCUT2D eigenvalue weighted by Gasteiger charge is -2.31. The number of thioether (sulfide) groups is 1. The van der Waals surface area contributed by atoms with E-state index in [1.165, 1.54) is 0 Å². The van der Waals surface area contributed by atoms with Crippen LogP contribution in [0.15, 0.2) is 53.4 Å². The zero-order valence-electron chi connectivity index (χ0n) is 19.0. The molecule has 6 heteroatoms. The van der Waals surface area contributed by atoms with Crippen molar-refractivity contribution in [1.82, 2.24) is 10.2 Å². The molecular formula is C26H33ClN2O2S. The van der Waals surface area contributed by atoms with Crippen LogP contribution < -0.4 is 5.32 Å². The Morgan fingerprint density at radius 3 is 2.53 bits per heavy atom. The first-order valence-corrected chi connectivity index (χ1v) is 12.9. The van der Waals surface area contributed by atoms with E-state index in [-0.39, 0.29) is 17.9 Å². The minimum absolute atomic E-state index is 0.0152. The standard InChI is InChI=1S/C26H33ClN2O2S/c1-3-24(26(31)28-22-9-4-5-10-22)29(18-20-8-6-7-19(2)17-20)25(30)15-16-32-23-13-11-21(27)12-14-23/h6-8,11-14,17,22,24H,3-5,9-10,15-16,18H2,1-2H3,(H,28,31). The van der Waals surface area contributed by atoms with Crippen LogP contribution in [0.1, 0.15) is 56.6 Å². The Kier molecular flexibility index (Phi) is 9.49. The van der Waals surface area contributed by atoms with Gasteiger partial charge in [-0.25, -0.2) is 0 Å². The largest absolute Gasteiger partial charge is 0.352 e. The molecule has 1 N–H and O–H groups in total. The fourth-order valence-electron chi connectivity index (χ4n) is 4.22. The fraction of sp³-hybridized carbons (Fsp3) is 0.462. The summed E-state index contributed by atoms with van der Waals surface area (Å²) in [6, 6.07) is 15.6. The van der Waals surface area contributed by atoms with Crippen LogP contribution in [0.25, 0.3) is 0 Å². The Bertz CT molecular complexity index is 897. The summed E-state index contributed by atoms with van der Waals surface area (Å²) < 4.78 is 0. The number of nitrogens with one attached hydrogen (secondary N) is 1. The summed E-state index contributed by atoms with van der Waals surface area (Å²) in [7, 11) is 0. The van der Waals surface area contributed by atoms with Crippen LogP contribution in [-0.2, 0) is 16.1 Å². The van der Waals surface area contributed by atoms with Gasteiger partial charge < -0.3 is 10.2 Å². The predicted molar refractivity (Wildman–Crippen MR) is 133 cm³/mol. The van der Waals surface area contributed by atoms with Crippen LogP contribution in [0.5, 0.6) is 0 Å². The summed E-state index contributed by atoms with van der Waals surface area (Å²) in [6.07, 6.45) is 5.37. The summed E-state index contributed by atoms with van der Waals surface area (Å²) in [6.45, 7) is 4.48. The summed E-state index contributed by atoms with van der Waals surface area (Å²) in [4.78, 5) is 29.3. The molecule has 0 radical (unpaired) electrons. The van der Waals surface area contributed by atoms with Gasteiger partial charge in [-0.05, 0) is 56.0 Å². The number of rotatable bonds is 10. The molecule has 2 aromatic carbocycles. The van der Waals surface area contributed by atoms with E-state index < -0.39 is 6.04 Å². The molecule has 32 heavy (non-hydrogen) atoms. The molecule has 4 nitrogen and oxygen atoms in total. The molecule has 2 amide bonds. The molecule has 0 bridgehead atoms. The van der Waals surface area contributed by atoms with Crippen LogP contribution in [-0.4, -0.2) is 34.6 Å². The average Bonchev–Trinajstić information content (AvgIpc) is 3.28. The molecule has 3 rings (SSSR count). The van der Waals surface area contributed by atoms with E-state index in [4.69, 9.17) is 11.6 Å². The fourth-order valence-corrected chi connectivity index (χ4v) is 5.19. The Morgan fingerprint density at radius 1 is 1.16 bits per heavy atom. The van der Waals surface area contributed by atoms with Gasteiger partial charge in [0, 0.05) is 34.7 Å². The second-order valence-corrected chi connectivity index (χ2v) is 10.1. The van der Waals surface area contributed by atoms with E-state index >= 15 is 0 Å². The zero-order chi connectivity index (χ0) is 22.9. The van der Waals surface area contributed by atoms with Crippen LogP contribution in [0.2, 0.25) is 5.02 Å². The number of hydrogen-bond donors (Lipinski definition) is 1. The van der Waals surface area contributed by atoms with Crippen molar-refractivity contribution < 1.29 is 9.59 Å². The van der Waals surface area contributed by atoms with Gasteiger partial charge >= 0.3 is 0 Å². The third-order valence-electron chi connectivity index (χ3n) is 5.92. The normalized spacial score (nSPS) is 14.8. The molecule has 1 saturated carbocycles. The first kappa shape index (κ1) is 24.7. The van der Waals surface area contributed by atoms with Crippen LogP contribution in [0, 0.1) is 6.92 Å². The third-order valence-corrected chi connectivity index (χ3v) is 7.19. The highest BCUT2D eigenvalue weighted by atomic mass is 35.5. The van der Waals surface area contributed by atoms with Crippen LogP contribution in [0.4, 0.5) is 0 Å². The number of halogens is 1. The highest BCUT2D eigenvalue weighted by Crippen LogP contribution is 2.23. The van der Waals surface area contributed by atoms with Gasteiger partial charge in [-0.1, -0.05) is 61.2 Å². The molecular weight excluding hydrogens is 440 g/mol. The summed E-state index contributed by atoms with van der Waals surface area (Å²) in [5.74, 6) is 0.651. The van der Waals surface area contributed by atoms with Gasteiger partial charge in [-0.2, -0.15) is 0 Å². The molecule has 0 spiro atoms. The first-order chi connectivity index (χ1) is 15.5. The van der Waals surface area contributed by atoms with E-state index in [0.717, 1.165) is 41.7 Å². The van der Waals surface area contributed by atoms with Gasteiger partial charge in [-0.3, -0.25) is 9.59 Å². The number of hydrogen-bond acceptors (Lipinski definition) is 3. The zero-order valence-corrected chi connectivity index (χ0v) is 20.6. The minimum atomic E-state index is -0.454. The van der Waals surface area contributed by atoms with E-state index in [1.54, 1.807) is 16.7 Å². The van der Waals surface area contributed by atoms with Crippen LogP contribution >= 0.6 is 23.4 Å². The van der Waals surface area contributed by atoms with E-state index in [2.05, 4.69) is 11.4 Å². The Labute approximate surface area is 201 Å². The van der Waals surface area contributed by atoms with E-state index in [0.29, 0.717) is 30.2 Å². The lowest BCUT2D eigenvalue weighted by atomic mass is 10.1. The predicted octanol–water partition coefficient (Wildman–Crippen LogP) is 6.00. The highest BCUT2D eigenvalue weighted by molar-refractivity contribution is 7.99. The highest BCUT2D eigenvalue weighted by Gasteiger charge is 2.30. The maximum Gasteiger partial charge on any atom is 0.243 e. The molecule has 0 aliphatic heterocycles. The summed E-state index contributed by atoms with van der Waals surface area (Å²) >= 11 is 7.59. The molecule has 0 saturated heterocycles. The first-order valence-electron chi connectivity index (χ1n) is 11.5. The SMILES string of the molecule is CCC(C(=O)NC1CCCC1)N(Cc1cccc(C)c1)C(=O)CCSc1ccc(Cl)cc1. The lowest BCUT2D eigenvalue weighted by Crippen LogP contribution is -2.51. The summed E-state index contributed by atoms with van der Waals surface area (Å²) in [5.41, 5.74) is 2.20. The minimum Gasteiger partial charge on any atom is -0.352 e. The van der Waals surface area contributed by atoms with Gasteiger partial charge in [0.1, 0.15) is 6.04 Å². The van der Waals surface area contributed by atoms with Crippen LogP contribution in [0.3, 0.4) is 0 Å². The van der Waals surface area contributed by atoms with Crippen molar-refractivity contribution in [2.24, 2.45) is 0 Å². The number of benzene rings is 2. The van der Waals surface area contributed by atoms with Gasteiger partial charge in [-0.15, -0.1) is 11.8 Å². The van der Waals surface area contributed by atoms with Crippen molar-refractivity contribution in [1.29, 1.82) is 0 Å². The molecule has 1 fully saturated rings. The van der Waals surface area contributed by atoms with E-state index in [9.17, 15) is 9.59 Å². The molecule has 1 atom stereocenters. The number of carbonyl (C=O) groups excluding carboxylic acids is 2. The van der Waals surface area contributed by atoms with Crippen molar-refractivity contribution in [2.45, 2.75) is 75.9 Å². The Balaban J connectivity index is 1.69. The maximum absolute atomic E-state index is 13.3. The second-order valence-electron chi connectivity index (χ2n) is 8.48. The number of amides is 2. The van der Waals surface area contributed by atoms with Gasteiger partial charge in [0.15, 0.2) is 0 Å². The van der Waals surface area contributed by atoms with Crippen molar-refractivity contribution in [2.75, 3.05) is 5.75 Å². The molecule has 0 aromatic heterocycles. The Morgan fingerprint density at radius 2 is 1.88 bits per heavy atom. The number of carbonyl (C=O) groups is 2. The van der Waals surface area contributed by atoms with Crippen molar-refractivity contribution in [3.8, 4) is 0 Å². The molecule has 1 aliphatic carbocycles. The van der Waals surface area contributed by atoms with Gasteiger partial charge in [0.25, 0.3) is 0 Å². The molecule has 172 valence electrons. The average molecular weight is 473 g/mol. The van der Waals surface area contributed by atoms with Crippen molar-refractivity contribution in [3.63, 3.8) is 0 Å². The smallest absolute Gasteiger partial charge is 0.243 e. The van der Waals surface area contributed by atoms with Gasteiger partial charge in [0.05, 0.1) is 0 Å². The van der Waals surface area contributed by atoms with Crippen molar-refractivity contribution in [3.05, 3.63) is 64.7 Å². The molecule has 2 aromatic rings. The van der Waals surface area contributed by atoms with Crippen molar-refractivity contribution >= 4 is 35.2 Å². The Hall–Kier alpha value is -1.98. The van der Waals surface area contributed by atoms with E-state index in [1.807, 2.05) is 56.3 Å². The number of aryl methyl sites for hydroxylation is 1. The molecule has 0 heterocycles.